The van der Waals surface area contributed by atoms with E-state index in [1.54, 1.807) is 11.8 Å². The molecule has 3 nitrogen and oxygen atoms in total. The summed E-state index contributed by atoms with van der Waals surface area (Å²) in [5.74, 6) is 0. The van der Waals surface area contributed by atoms with Crippen molar-refractivity contribution >= 4 is 28.5 Å². The van der Waals surface area contributed by atoms with Gasteiger partial charge in [-0.1, -0.05) is 36.0 Å². The van der Waals surface area contributed by atoms with E-state index >= 15 is 0 Å². The number of nitrogen functional groups attached to an aromatic ring is 1. The molecule has 1 heterocycles. The quantitative estimate of drug-likeness (QED) is 0.570. The molecule has 19 heavy (non-hydrogen) atoms. The molecule has 1 atom stereocenters. The second-order valence-corrected chi connectivity index (χ2v) is 5.67. The van der Waals surface area contributed by atoms with E-state index in [0.29, 0.717) is 5.22 Å². The molecule has 0 aliphatic heterocycles. The Morgan fingerprint density at radius 2 is 1.84 bits per heavy atom. The van der Waals surface area contributed by atoms with Crippen LogP contribution in [-0.2, 0) is 0 Å². The van der Waals surface area contributed by atoms with Crippen LogP contribution in [0.15, 0.2) is 58.2 Å². The molecular formula is C15H14N2OS. The lowest BCUT2D eigenvalue weighted by atomic mass is 10.1. The smallest absolute Gasteiger partial charge is 0.257 e. The zero-order valence-electron chi connectivity index (χ0n) is 10.5. The highest BCUT2D eigenvalue weighted by Gasteiger charge is 2.12. The maximum Gasteiger partial charge on any atom is 0.257 e. The first-order valence-electron chi connectivity index (χ1n) is 6.10. The number of oxazole rings is 1. The molecule has 0 fully saturated rings. The molecule has 0 amide bonds. The van der Waals surface area contributed by atoms with Gasteiger partial charge in [0.25, 0.3) is 5.22 Å². The van der Waals surface area contributed by atoms with Crippen LogP contribution in [0.1, 0.15) is 17.7 Å². The topological polar surface area (TPSA) is 52.0 Å². The molecule has 4 heteroatoms. The van der Waals surface area contributed by atoms with Gasteiger partial charge in [0.05, 0.1) is 0 Å². The summed E-state index contributed by atoms with van der Waals surface area (Å²) in [7, 11) is 0. The predicted molar refractivity (Wildman–Crippen MR) is 79.1 cm³/mol. The second-order valence-electron chi connectivity index (χ2n) is 4.37. The van der Waals surface area contributed by atoms with E-state index in [9.17, 15) is 0 Å². The standard InChI is InChI=1S/C15H14N2OS/c1-10(11-6-8-12(16)9-7-11)19-15-17-13-4-2-3-5-14(13)18-15/h2-10H,16H2,1H3. The third-order valence-electron chi connectivity index (χ3n) is 2.96. The average molecular weight is 270 g/mol. The van der Waals surface area contributed by atoms with Gasteiger partial charge in [0.1, 0.15) is 5.52 Å². The number of para-hydroxylation sites is 2. The number of thioether (sulfide) groups is 1. The normalized spacial score (nSPS) is 12.7. The van der Waals surface area contributed by atoms with Crippen LogP contribution in [0.4, 0.5) is 5.69 Å². The molecule has 0 radical (unpaired) electrons. The van der Waals surface area contributed by atoms with Crippen LogP contribution in [0.25, 0.3) is 11.1 Å². The van der Waals surface area contributed by atoms with E-state index in [4.69, 9.17) is 10.2 Å². The Morgan fingerprint density at radius 1 is 1.11 bits per heavy atom. The van der Waals surface area contributed by atoms with Crippen molar-refractivity contribution < 1.29 is 4.42 Å². The Balaban J connectivity index is 1.82. The van der Waals surface area contributed by atoms with Gasteiger partial charge >= 0.3 is 0 Å². The van der Waals surface area contributed by atoms with Crippen molar-refractivity contribution in [1.29, 1.82) is 0 Å². The lowest BCUT2D eigenvalue weighted by Gasteiger charge is -2.08. The van der Waals surface area contributed by atoms with Crippen molar-refractivity contribution in [2.24, 2.45) is 0 Å². The van der Waals surface area contributed by atoms with Gasteiger partial charge in [-0.15, -0.1) is 0 Å². The summed E-state index contributed by atoms with van der Waals surface area (Å²) < 4.78 is 5.71. The van der Waals surface area contributed by atoms with E-state index in [1.165, 1.54) is 5.56 Å². The summed E-state index contributed by atoms with van der Waals surface area (Å²) in [5, 5.41) is 0.971. The molecule has 0 aliphatic rings. The van der Waals surface area contributed by atoms with Crippen LogP contribution in [0.2, 0.25) is 0 Å². The largest absolute Gasteiger partial charge is 0.431 e. The van der Waals surface area contributed by atoms with Crippen molar-refractivity contribution in [2.75, 3.05) is 5.73 Å². The molecule has 96 valence electrons. The van der Waals surface area contributed by atoms with Gasteiger partial charge in [-0.25, -0.2) is 4.98 Å². The lowest BCUT2D eigenvalue weighted by Crippen LogP contribution is -1.90. The highest BCUT2D eigenvalue weighted by molar-refractivity contribution is 7.99. The monoisotopic (exact) mass is 270 g/mol. The number of rotatable bonds is 3. The Morgan fingerprint density at radius 3 is 2.58 bits per heavy atom. The Hall–Kier alpha value is -1.94. The fourth-order valence-corrected chi connectivity index (χ4v) is 2.77. The van der Waals surface area contributed by atoms with Crippen LogP contribution in [-0.4, -0.2) is 4.98 Å². The SMILES string of the molecule is CC(Sc1nc2ccccc2o1)c1ccc(N)cc1. The molecule has 0 aliphatic carbocycles. The van der Waals surface area contributed by atoms with Gasteiger partial charge in [0.15, 0.2) is 5.58 Å². The first kappa shape index (κ1) is 12.1. The Labute approximate surface area is 115 Å². The number of fused-ring (bicyclic) bond motifs is 1. The third kappa shape index (κ3) is 2.58. The van der Waals surface area contributed by atoms with Crippen LogP contribution in [0, 0.1) is 0 Å². The van der Waals surface area contributed by atoms with Crippen molar-refractivity contribution in [3.05, 3.63) is 54.1 Å². The molecule has 0 saturated carbocycles. The number of hydrogen-bond acceptors (Lipinski definition) is 4. The average Bonchev–Trinajstić information content (AvgIpc) is 2.81. The van der Waals surface area contributed by atoms with Crippen LogP contribution in [0.3, 0.4) is 0 Å². The van der Waals surface area contributed by atoms with E-state index in [1.807, 2.05) is 48.5 Å². The zero-order valence-corrected chi connectivity index (χ0v) is 11.4. The van der Waals surface area contributed by atoms with Gasteiger partial charge in [-0.05, 0) is 36.8 Å². The molecular weight excluding hydrogens is 256 g/mol. The summed E-state index contributed by atoms with van der Waals surface area (Å²) in [6.45, 7) is 2.13. The van der Waals surface area contributed by atoms with Crippen molar-refractivity contribution in [2.45, 2.75) is 17.4 Å². The molecule has 0 spiro atoms. The van der Waals surface area contributed by atoms with Gasteiger partial charge in [0.2, 0.25) is 0 Å². The number of hydrogen-bond donors (Lipinski definition) is 1. The predicted octanol–water partition coefficient (Wildman–Crippen LogP) is 4.26. The van der Waals surface area contributed by atoms with Crippen LogP contribution < -0.4 is 5.73 Å². The van der Waals surface area contributed by atoms with Crippen LogP contribution >= 0.6 is 11.8 Å². The van der Waals surface area contributed by atoms with Crippen molar-refractivity contribution in [1.82, 2.24) is 4.98 Å². The summed E-state index contributed by atoms with van der Waals surface area (Å²) >= 11 is 1.61. The maximum atomic E-state index is 5.71. The van der Waals surface area contributed by atoms with Crippen molar-refractivity contribution in [3.63, 3.8) is 0 Å². The molecule has 0 saturated heterocycles. The second kappa shape index (κ2) is 4.97. The first-order valence-corrected chi connectivity index (χ1v) is 6.98. The number of benzene rings is 2. The summed E-state index contributed by atoms with van der Waals surface area (Å²) in [4.78, 5) is 4.47. The minimum atomic E-state index is 0.272. The van der Waals surface area contributed by atoms with E-state index in [-0.39, 0.29) is 5.25 Å². The molecule has 0 bridgehead atoms. The Kier molecular flexibility index (Phi) is 3.17. The summed E-state index contributed by atoms with van der Waals surface area (Å²) in [6, 6.07) is 15.7. The molecule has 2 aromatic carbocycles. The lowest BCUT2D eigenvalue weighted by molar-refractivity contribution is 0.488. The van der Waals surface area contributed by atoms with Gasteiger partial charge in [0, 0.05) is 10.9 Å². The van der Waals surface area contributed by atoms with Gasteiger partial charge in [-0.2, -0.15) is 0 Å². The molecule has 1 unspecified atom stereocenters. The fraction of sp³-hybridized carbons (Fsp3) is 0.133. The van der Waals surface area contributed by atoms with E-state index in [2.05, 4.69) is 11.9 Å². The summed E-state index contributed by atoms with van der Waals surface area (Å²) in [5.41, 5.74) is 9.41. The van der Waals surface area contributed by atoms with E-state index in [0.717, 1.165) is 16.8 Å². The highest BCUT2D eigenvalue weighted by atomic mass is 32.2. The number of nitrogens with zero attached hydrogens (tertiary/aromatic N) is 1. The molecule has 3 aromatic rings. The van der Waals surface area contributed by atoms with Crippen LogP contribution in [0.5, 0.6) is 0 Å². The molecule has 1 aromatic heterocycles. The summed E-state index contributed by atoms with van der Waals surface area (Å²) in [6.07, 6.45) is 0. The first-order chi connectivity index (χ1) is 9.22. The maximum absolute atomic E-state index is 5.71. The molecule has 3 rings (SSSR count). The van der Waals surface area contributed by atoms with Gasteiger partial charge in [-0.3, -0.25) is 0 Å². The zero-order chi connectivity index (χ0) is 13.2. The minimum absolute atomic E-state index is 0.272. The fourth-order valence-electron chi connectivity index (χ4n) is 1.89. The minimum Gasteiger partial charge on any atom is -0.431 e. The number of aromatic nitrogens is 1. The Bertz CT molecular complexity index is 658. The van der Waals surface area contributed by atoms with Crippen molar-refractivity contribution in [3.8, 4) is 0 Å². The highest BCUT2D eigenvalue weighted by Crippen LogP contribution is 2.35. The number of anilines is 1. The third-order valence-corrected chi connectivity index (χ3v) is 3.96. The van der Waals surface area contributed by atoms with Gasteiger partial charge < -0.3 is 10.2 Å². The van der Waals surface area contributed by atoms with E-state index < -0.39 is 0 Å². The molecule has 2 N–H and O–H groups in total. The number of nitrogens with two attached hydrogens (primary N) is 1.